The molecule has 2 aliphatic carbocycles. The Bertz CT molecular complexity index is 1190. The molecule has 3 aromatic rings. The van der Waals surface area contributed by atoms with Gasteiger partial charge in [-0.2, -0.15) is 5.10 Å². The van der Waals surface area contributed by atoms with Gasteiger partial charge in [0.25, 0.3) is 5.91 Å². The second-order valence-electron chi connectivity index (χ2n) is 9.38. The molecule has 1 aliphatic heterocycles. The van der Waals surface area contributed by atoms with E-state index in [9.17, 15) is 13.6 Å². The number of hydrogen-bond acceptors (Lipinski definition) is 4. The van der Waals surface area contributed by atoms with Gasteiger partial charge in [-0.25, -0.2) is 18.3 Å². The zero-order chi connectivity index (χ0) is 21.8. The molecule has 6 nitrogen and oxygen atoms in total. The summed E-state index contributed by atoms with van der Waals surface area (Å²) in [6, 6.07) is 5.33. The Morgan fingerprint density at radius 1 is 1.12 bits per heavy atom. The van der Waals surface area contributed by atoms with Crippen LogP contribution in [0.4, 0.5) is 14.6 Å². The Labute approximate surface area is 184 Å². The average Bonchev–Trinajstić information content (AvgIpc) is 3.58. The van der Waals surface area contributed by atoms with Gasteiger partial charge in [0.15, 0.2) is 5.65 Å². The molecule has 4 unspecified atom stereocenters. The van der Waals surface area contributed by atoms with Gasteiger partial charge in [-0.15, -0.1) is 0 Å². The summed E-state index contributed by atoms with van der Waals surface area (Å²) in [5.74, 6) is 0.955. The van der Waals surface area contributed by atoms with Crippen molar-refractivity contribution in [2.75, 3.05) is 11.4 Å². The molecule has 2 saturated carbocycles. The van der Waals surface area contributed by atoms with Crippen molar-refractivity contribution in [3.8, 4) is 0 Å². The van der Waals surface area contributed by atoms with E-state index in [1.54, 1.807) is 16.9 Å². The van der Waals surface area contributed by atoms with Crippen LogP contribution in [0, 0.1) is 23.5 Å². The molecule has 8 heteroatoms. The van der Waals surface area contributed by atoms with E-state index in [0.717, 1.165) is 24.8 Å². The van der Waals surface area contributed by atoms with E-state index in [4.69, 9.17) is 4.98 Å². The molecule has 0 radical (unpaired) electrons. The normalized spacial score (nSPS) is 26.9. The highest BCUT2D eigenvalue weighted by Crippen LogP contribution is 2.44. The summed E-state index contributed by atoms with van der Waals surface area (Å²) in [5.41, 5.74) is 1.27. The van der Waals surface area contributed by atoms with Gasteiger partial charge in [0.05, 0.1) is 12.2 Å². The number of hydrogen-bond donors (Lipinski definition) is 1. The number of rotatable bonds is 4. The summed E-state index contributed by atoms with van der Waals surface area (Å²) in [6.45, 7) is 0.685. The first-order valence-corrected chi connectivity index (χ1v) is 11.4. The molecule has 4 atom stereocenters. The van der Waals surface area contributed by atoms with Crippen LogP contribution in [0.5, 0.6) is 0 Å². The molecule has 6 rings (SSSR count). The largest absolute Gasteiger partial charge is 0.349 e. The van der Waals surface area contributed by atoms with E-state index in [2.05, 4.69) is 10.4 Å². The number of halogens is 2. The standard InChI is InChI=1S/C24H25F2N5O/c25-16-5-6-19(26)17(12-16)21-2-1-8-30(21)22-7-9-31-23(29-22)18(13-27-31)24(32)28-20-11-14-3-4-15(20)10-14/h5-7,9,12-15,20-21H,1-4,8,10-11H2,(H,28,32). The summed E-state index contributed by atoms with van der Waals surface area (Å²) in [4.78, 5) is 19.8. The fourth-order valence-electron chi connectivity index (χ4n) is 5.98. The molecule has 3 aliphatic rings. The fraction of sp³-hybridized carbons (Fsp3) is 0.458. The molecule has 0 spiro atoms. The van der Waals surface area contributed by atoms with Crippen molar-refractivity contribution in [3.63, 3.8) is 0 Å². The molecule has 1 amide bonds. The van der Waals surface area contributed by atoms with Crippen LogP contribution in [0.15, 0.2) is 36.7 Å². The van der Waals surface area contributed by atoms with Crippen LogP contribution < -0.4 is 10.2 Å². The van der Waals surface area contributed by atoms with Crippen LogP contribution in [0.2, 0.25) is 0 Å². The zero-order valence-electron chi connectivity index (χ0n) is 17.7. The summed E-state index contributed by atoms with van der Waals surface area (Å²) < 4.78 is 29.9. The molecule has 166 valence electrons. The number of carbonyl (C=O) groups excluding carboxylic acids is 1. The summed E-state index contributed by atoms with van der Waals surface area (Å²) >= 11 is 0. The molecule has 2 aromatic heterocycles. The molecular formula is C24H25F2N5O. The summed E-state index contributed by atoms with van der Waals surface area (Å²) in [5, 5.41) is 7.50. The van der Waals surface area contributed by atoms with Gasteiger partial charge in [0.1, 0.15) is 23.0 Å². The number of nitrogens with zero attached hydrogens (tertiary/aromatic N) is 4. The lowest BCUT2D eigenvalue weighted by atomic mass is 9.95. The van der Waals surface area contributed by atoms with E-state index in [1.807, 2.05) is 11.0 Å². The van der Waals surface area contributed by atoms with Crippen molar-refractivity contribution < 1.29 is 13.6 Å². The number of benzene rings is 1. The first kappa shape index (κ1) is 19.6. The summed E-state index contributed by atoms with van der Waals surface area (Å²) in [7, 11) is 0. The third kappa shape index (κ3) is 3.24. The third-order valence-electron chi connectivity index (χ3n) is 7.52. The lowest BCUT2D eigenvalue weighted by Gasteiger charge is -2.26. The topological polar surface area (TPSA) is 62.5 Å². The molecule has 2 bridgehead atoms. The first-order valence-electron chi connectivity index (χ1n) is 11.4. The molecule has 3 heterocycles. The van der Waals surface area contributed by atoms with E-state index in [0.29, 0.717) is 41.5 Å². The molecular weight excluding hydrogens is 412 g/mol. The van der Waals surface area contributed by atoms with Crippen molar-refractivity contribution in [1.29, 1.82) is 0 Å². The number of aromatic nitrogens is 3. The van der Waals surface area contributed by atoms with Crippen LogP contribution >= 0.6 is 0 Å². The average molecular weight is 437 g/mol. The Hall–Kier alpha value is -3.03. The fourth-order valence-corrected chi connectivity index (χ4v) is 5.98. The minimum Gasteiger partial charge on any atom is -0.349 e. The SMILES string of the molecule is O=C(NC1CC2CCC1C2)c1cnn2ccc(N3CCCC3c3cc(F)ccc3F)nc12. The predicted octanol–water partition coefficient (Wildman–Crippen LogP) is 4.27. The predicted molar refractivity (Wildman–Crippen MR) is 115 cm³/mol. The maximum Gasteiger partial charge on any atom is 0.256 e. The number of carbonyl (C=O) groups is 1. The van der Waals surface area contributed by atoms with Gasteiger partial charge in [0, 0.05) is 24.3 Å². The van der Waals surface area contributed by atoms with Crippen LogP contribution in [0.3, 0.4) is 0 Å². The van der Waals surface area contributed by atoms with Crippen molar-refractivity contribution >= 4 is 17.4 Å². The van der Waals surface area contributed by atoms with E-state index >= 15 is 0 Å². The Morgan fingerprint density at radius 3 is 2.84 bits per heavy atom. The molecule has 32 heavy (non-hydrogen) atoms. The number of amides is 1. The molecule has 1 N–H and O–H groups in total. The first-order chi connectivity index (χ1) is 15.6. The molecule has 1 saturated heterocycles. The zero-order valence-corrected chi connectivity index (χ0v) is 17.7. The number of anilines is 1. The lowest BCUT2D eigenvalue weighted by molar-refractivity contribution is 0.0924. The van der Waals surface area contributed by atoms with Crippen molar-refractivity contribution in [2.24, 2.45) is 11.8 Å². The van der Waals surface area contributed by atoms with Crippen LogP contribution in [-0.2, 0) is 0 Å². The number of fused-ring (bicyclic) bond motifs is 3. The highest BCUT2D eigenvalue weighted by atomic mass is 19.1. The third-order valence-corrected chi connectivity index (χ3v) is 7.52. The highest BCUT2D eigenvalue weighted by molar-refractivity contribution is 6.00. The minimum absolute atomic E-state index is 0.142. The summed E-state index contributed by atoms with van der Waals surface area (Å²) in [6.07, 6.45) is 9.64. The second-order valence-corrected chi connectivity index (χ2v) is 9.38. The molecule has 3 fully saturated rings. The van der Waals surface area contributed by atoms with Crippen LogP contribution in [0.1, 0.15) is 60.5 Å². The van der Waals surface area contributed by atoms with Crippen molar-refractivity contribution in [1.82, 2.24) is 19.9 Å². The van der Waals surface area contributed by atoms with E-state index in [-0.39, 0.29) is 18.0 Å². The van der Waals surface area contributed by atoms with E-state index in [1.165, 1.54) is 31.4 Å². The van der Waals surface area contributed by atoms with E-state index < -0.39 is 11.6 Å². The monoisotopic (exact) mass is 437 g/mol. The van der Waals surface area contributed by atoms with Crippen molar-refractivity contribution in [2.45, 2.75) is 50.6 Å². The maximum atomic E-state index is 14.5. The maximum absolute atomic E-state index is 14.5. The van der Waals surface area contributed by atoms with Gasteiger partial charge in [-0.3, -0.25) is 4.79 Å². The molecule has 1 aromatic carbocycles. The second kappa shape index (κ2) is 7.53. The lowest BCUT2D eigenvalue weighted by Crippen LogP contribution is -2.38. The highest BCUT2D eigenvalue weighted by Gasteiger charge is 2.40. The van der Waals surface area contributed by atoms with Crippen molar-refractivity contribution in [3.05, 3.63) is 59.4 Å². The van der Waals surface area contributed by atoms with Gasteiger partial charge in [-0.05, 0) is 68.2 Å². The minimum atomic E-state index is -0.452. The van der Waals surface area contributed by atoms with Gasteiger partial charge in [-0.1, -0.05) is 6.42 Å². The van der Waals surface area contributed by atoms with Gasteiger partial charge in [0.2, 0.25) is 0 Å². The van der Waals surface area contributed by atoms with Gasteiger partial charge < -0.3 is 10.2 Å². The van der Waals surface area contributed by atoms with Crippen LogP contribution in [0.25, 0.3) is 5.65 Å². The smallest absolute Gasteiger partial charge is 0.256 e. The Balaban J connectivity index is 1.29. The number of nitrogens with one attached hydrogen (secondary N) is 1. The van der Waals surface area contributed by atoms with Crippen LogP contribution in [-0.4, -0.2) is 33.1 Å². The quantitative estimate of drug-likeness (QED) is 0.662. The Kier molecular flexibility index (Phi) is 4.62. The Morgan fingerprint density at radius 2 is 2.03 bits per heavy atom. The van der Waals surface area contributed by atoms with Gasteiger partial charge >= 0.3 is 0 Å².